The molecule has 0 aromatic heterocycles. The van der Waals surface area contributed by atoms with E-state index in [1.165, 1.54) is 23.1 Å². The lowest BCUT2D eigenvalue weighted by Crippen LogP contribution is -2.53. The summed E-state index contributed by atoms with van der Waals surface area (Å²) in [7, 11) is -3.37. The SMILES string of the molecule is CS(=O)(=O)Nc1ccc(OCC(O)CN2CCN(c3ccc(F)c(F)c3)CC2=O)cc1. The molecule has 1 unspecified atom stereocenters. The van der Waals surface area contributed by atoms with Crippen LogP contribution in [0.15, 0.2) is 42.5 Å². The van der Waals surface area contributed by atoms with E-state index in [0.717, 1.165) is 18.4 Å². The van der Waals surface area contributed by atoms with Crippen molar-refractivity contribution >= 4 is 27.3 Å². The highest BCUT2D eigenvalue weighted by atomic mass is 32.2. The van der Waals surface area contributed by atoms with Crippen molar-refractivity contribution in [3.8, 4) is 5.75 Å². The van der Waals surface area contributed by atoms with Gasteiger partial charge in [0.1, 0.15) is 18.5 Å². The van der Waals surface area contributed by atoms with Crippen molar-refractivity contribution in [2.45, 2.75) is 6.10 Å². The molecule has 1 heterocycles. The fraction of sp³-hybridized carbons (Fsp3) is 0.350. The van der Waals surface area contributed by atoms with Crippen LogP contribution in [-0.2, 0) is 14.8 Å². The van der Waals surface area contributed by atoms with Crippen LogP contribution < -0.4 is 14.4 Å². The number of rotatable bonds is 8. The number of carbonyl (C=O) groups excluding carboxylic acids is 1. The van der Waals surface area contributed by atoms with E-state index in [4.69, 9.17) is 4.74 Å². The number of hydrogen-bond donors (Lipinski definition) is 2. The number of β-amino-alcohol motifs (C(OH)–C–C–N with tert-alkyl or cyclic N) is 1. The maximum absolute atomic E-state index is 13.4. The summed E-state index contributed by atoms with van der Waals surface area (Å²) in [5, 5.41) is 10.2. The Morgan fingerprint density at radius 2 is 1.84 bits per heavy atom. The Morgan fingerprint density at radius 3 is 2.45 bits per heavy atom. The number of anilines is 2. The molecule has 1 aliphatic heterocycles. The first-order valence-corrected chi connectivity index (χ1v) is 11.4. The third-order valence-corrected chi connectivity index (χ3v) is 5.22. The van der Waals surface area contributed by atoms with Crippen LogP contribution in [0.25, 0.3) is 0 Å². The summed E-state index contributed by atoms with van der Waals surface area (Å²) in [4.78, 5) is 15.5. The number of hydrogen-bond acceptors (Lipinski definition) is 6. The molecule has 2 aromatic rings. The Bertz CT molecular complexity index is 1030. The van der Waals surface area contributed by atoms with Gasteiger partial charge < -0.3 is 19.6 Å². The zero-order valence-corrected chi connectivity index (χ0v) is 17.6. The molecule has 0 radical (unpaired) electrons. The van der Waals surface area contributed by atoms with Crippen molar-refractivity contribution in [3.63, 3.8) is 0 Å². The monoisotopic (exact) mass is 455 g/mol. The second kappa shape index (κ2) is 9.48. The molecule has 2 aromatic carbocycles. The average molecular weight is 455 g/mol. The highest BCUT2D eigenvalue weighted by Crippen LogP contribution is 2.20. The summed E-state index contributed by atoms with van der Waals surface area (Å²) >= 11 is 0. The lowest BCUT2D eigenvalue weighted by molar-refractivity contribution is -0.132. The zero-order chi connectivity index (χ0) is 22.6. The standard InChI is InChI=1S/C20H23F2N3O5S/c1-31(28,29)23-14-2-5-17(6-3-14)30-13-16(26)11-25-9-8-24(12-20(25)27)15-4-7-18(21)19(22)10-15/h2-7,10,16,23,26H,8-9,11-13H2,1H3. The fourth-order valence-electron chi connectivity index (χ4n) is 3.14. The van der Waals surface area contributed by atoms with Crippen molar-refractivity contribution in [2.75, 3.05) is 48.7 Å². The Morgan fingerprint density at radius 1 is 1.13 bits per heavy atom. The van der Waals surface area contributed by atoms with E-state index < -0.39 is 27.8 Å². The van der Waals surface area contributed by atoms with Gasteiger partial charge in [0.25, 0.3) is 0 Å². The molecule has 1 aliphatic rings. The largest absolute Gasteiger partial charge is 0.491 e. The lowest BCUT2D eigenvalue weighted by atomic mass is 10.2. The van der Waals surface area contributed by atoms with Gasteiger partial charge in [-0.2, -0.15) is 0 Å². The first-order valence-electron chi connectivity index (χ1n) is 9.47. The van der Waals surface area contributed by atoms with Crippen LogP contribution in [0.1, 0.15) is 0 Å². The van der Waals surface area contributed by atoms with E-state index in [-0.39, 0.29) is 25.6 Å². The van der Waals surface area contributed by atoms with Gasteiger partial charge in [-0.1, -0.05) is 0 Å². The Labute approximate surface area is 179 Å². The van der Waals surface area contributed by atoms with E-state index in [1.807, 2.05) is 0 Å². The average Bonchev–Trinajstić information content (AvgIpc) is 2.70. The second-order valence-corrected chi connectivity index (χ2v) is 8.97. The number of aliphatic hydroxyl groups is 1. The molecule has 0 spiro atoms. The molecule has 0 aliphatic carbocycles. The topological polar surface area (TPSA) is 99.2 Å². The Balaban J connectivity index is 1.47. The molecule has 31 heavy (non-hydrogen) atoms. The minimum atomic E-state index is -3.37. The number of ether oxygens (including phenoxy) is 1. The van der Waals surface area contributed by atoms with E-state index >= 15 is 0 Å². The predicted molar refractivity (Wildman–Crippen MR) is 112 cm³/mol. The highest BCUT2D eigenvalue weighted by molar-refractivity contribution is 7.92. The summed E-state index contributed by atoms with van der Waals surface area (Å²) in [6.07, 6.45) is 0.111. The van der Waals surface area contributed by atoms with Crippen molar-refractivity contribution in [2.24, 2.45) is 0 Å². The minimum absolute atomic E-state index is 0.00650. The smallest absolute Gasteiger partial charge is 0.242 e. The normalized spacial score (nSPS) is 15.7. The molecule has 0 bridgehead atoms. The highest BCUT2D eigenvalue weighted by Gasteiger charge is 2.26. The number of carbonyl (C=O) groups is 1. The summed E-state index contributed by atoms with van der Waals surface area (Å²) in [6.45, 7) is 0.737. The van der Waals surface area contributed by atoms with Gasteiger partial charge in [-0.15, -0.1) is 0 Å². The van der Waals surface area contributed by atoms with Crippen molar-refractivity contribution in [3.05, 3.63) is 54.1 Å². The number of piperazine rings is 1. The number of sulfonamides is 1. The van der Waals surface area contributed by atoms with E-state index in [0.29, 0.717) is 30.2 Å². The fourth-order valence-corrected chi connectivity index (χ4v) is 3.70. The molecular formula is C20H23F2N3O5S. The number of benzene rings is 2. The van der Waals surface area contributed by atoms with Crippen LogP contribution in [0.4, 0.5) is 20.2 Å². The van der Waals surface area contributed by atoms with Crippen LogP contribution in [0.2, 0.25) is 0 Å². The first kappa shape index (κ1) is 22.8. The van der Waals surface area contributed by atoms with Crippen molar-refractivity contribution in [1.29, 1.82) is 0 Å². The Kier molecular flexibility index (Phi) is 6.96. The molecule has 168 valence electrons. The Hall–Kier alpha value is -2.92. The van der Waals surface area contributed by atoms with E-state index in [1.54, 1.807) is 17.0 Å². The number of nitrogens with zero attached hydrogens (tertiary/aromatic N) is 2. The lowest BCUT2D eigenvalue weighted by Gasteiger charge is -2.36. The molecule has 1 saturated heterocycles. The molecule has 8 nitrogen and oxygen atoms in total. The van der Waals surface area contributed by atoms with Gasteiger partial charge in [0.15, 0.2) is 11.6 Å². The summed E-state index contributed by atoms with van der Waals surface area (Å²) < 4.78 is 56.7. The van der Waals surface area contributed by atoms with E-state index in [2.05, 4.69) is 4.72 Å². The third kappa shape index (κ3) is 6.53. The molecule has 1 amide bonds. The van der Waals surface area contributed by atoms with Crippen LogP contribution in [-0.4, -0.2) is 69.5 Å². The first-order chi connectivity index (χ1) is 14.6. The van der Waals surface area contributed by atoms with Crippen LogP contribution in [0, 0.1) is 11.6 Å². The van der Waals surface area contributed by atoms with Crippen molar-refractivity contribution < 1.29 is 31.8 Å². The number of halogens is 2. The van der Waals surface area contributed by atoms with Crippen LogP contribution >= 0.6 is 0 Å². The summed E-state index contributed by atoms with van der Waals surface area (Å²) in [5.74, 6) is -1.72. The van der Waals surface area contributed by atoms with Gasteiger partial charge in [-0.25, -0.2) is 17.2 Å². The summed E-state index contributed by atoms with van der Waals surface area (Å²) in [6, 6.07) is 9.68. The molecule has 11 heteroatoms. The van der Waals surface area contributed by atoms with Gasteiger partial charge >= 0.3 is 0 Å². The van der Waals surface area contributed by atoms with E-state index in [9.17, 15) is 27.1 Å². The maximum Gasteiger partial charge on any atom is 0.242 e. The van der Waals surface area contributed by atoms with Gasteiger partial charge in [-0.05, 0) is 36.4 Å². The molecule has 1 atom stereocenters. The van der Waals surface area contributed by atoms with Crippen molar-refractivity contribution in [1.82, 2.24) is 4.90 Å². The molecule has 0 saturated carbocycles. The molecule has 2 N–H and O–H groups in total. The number of aliphatic hydroxyl groups excluding tert-OH is 1. The van der Waals surface area contributed by atoms with Gasteiger partial charge in [0, 0.05) is 30.5 Å². The van der Waals surface area contributed by atoms with Gasteiger partial charge in [-0.3, -0.25) is 9.52 Å². The maximum atomic E-state index is 13.4. The minimum Gasteiger partial charge on any atom is -0.491 e. The molecular weight excluding hydrogens is 432 g/mol. The van der Waals surface area contributed by atoms with Gasteiger partial charge in [0.05, 0.1) is 19.3 Å². The second-order valence-electron chi connectivity index (χ2n) is 7.22. The van der Waals surface area contributed by atoms with Gasteiger partial charge in [0.2, 0.25) is 15.9 Å². The third-order valence-electron chi connectivity index (χ3n) is 4.62. The zero-order valence-electron chi connectivity index (χ0n) is 16.8. The number of nitrogens with one attached hydrogen (secondary N) is 1. The molecule has 1 fully saturated rings. The number of amides is 1. The summed E-state index contributed by atoms with van der Waals surface area (Å²) in [5.41, 5.74) is 0.810. The molecule has 3 rings (SSSR count). The predicted octanol–water partition coefficient (Wildman–Crippen LogP) is 1.42. The van der Waals surface area contributed by atoms with Crippen LogP contribution in [0.5, 0.6) is 5.75 Å². The quantitative estimate of drug-likeness (QED) is 0.625. The van der Waals surface area contributed by atoms with Crippen LogP contribution in [0.3, 0.4) is 0 Å².